The van der Waals surface area contributed by atoms with Gasteiger partial charge in [-0.2, -0.15) is 13.2 Å². The van der Waals surface area contributed by atoms with E-state index in [1.54, 1.807) is 29.6 Å². The molecule has 0 atom stereocenters. The van der Waals surface area contributed by atoms with Crippen LogP contribution >= 0.6 is 15.9 Å². The summed E-state index contributed by atoms with van der Waals surface area (Å²) in [6, 6.07) is 6.06. The molecular formula is C11H11BrF3N3O2. The summed E-state index contributed by atoms with van der Waals surface area (Å²) in [4.78, 5) is 22.5. The molecule has 0 bridgehead atoms. The van der Waals surface area contributed by atoms with Crippen molar-refractivity contribution in [2.75, 3.05) is 18.4 Å². The quantitative estimate of drug-likeness (QED) is 0.776. The van der Waals surface area contributed by atoms with Crippen LogP contribution in [0.1, 0.15) is 0 Å². The number of carbonyl (C=O) groups is 2. The van der Waals surface area contributed by atoms with Crippen molar-refractivity contribution >= 4 is 33.6 Å². The van der Waals surface area contributed by atoms with Crippen molar-refractivity contribution in [1.29, 1.82) is 0 Å². The number of halogens is 4. The van der Waals surface area contributed by atoms with E-state index in [4.69, 9.17) is 0 Å². The molecule has 110 valence electrons. The van der Waals surface area contributed by atoms with Crippen LogP contribution in [0.3, 0.4) is 0 Å². The molecule has 0 radical (unpaired) electrons. The zero-order chi connectivity index (χ0) is 15.2. The molecule has 0 aliphatic carbocycles. The number of urea groups is 1. The Balaban J connectivity index is 2.33. The highest BCUT2D eigenvalue weighted by Crippen LogP contribution is 2.20. The van der Waals surface area contributed by atoms with Gasteiger partial charge in [0.1, 0.15) is 6.54 Å². The fourth-order valence-electron chi connectivity index (χ4n) is 1.15. The summed E-state index contributed by atoms with van der Waals surface area (Å²) in [7, 11) is 0. The van der Waals surface area contributed by atoms with Gasteiger partial charge in [-0.1, -0.05) is 12.1 Å². The van der Waals surface area contributed by atoms with E-state index < -0.39 is 31.2 Å². The van der Waals surface area contributed by atoms with Crippen LogP contribution in [-0.2, 0) is 4.79 Å². The molecule has 0 fully saturated rings. The number of amides is 3. The van der Waals surface area contributed by atoms with E-state index in [0.717, 1.165) is 0 Å². The lowest BCUT2D eigenvalue weighted by Crippen LogP contribution is -2.42. The Morgan fingerprint density at radius 2 is 1.80 bits per heavy atom. The average Bonchev–Trinajstić information content (AvgIpc) is 2.36. The molecule has 0 aliphatic heterocycles. The molecular weight excluding hydrogens is 343 g/mol. The molecule has 3 N–H and O–H groups in total. The standard InChI is InChI=1S/C11H11BrF3N3O2/c12-7-3-1-2-4-8(7)18-10(20)16-5-9(19)17-6-11(13,14)15/h1-4H,5-6H2,(H,17,19)(H2,16,18,20). The second-order valence-corrected chi connectivity index (χ2v) is 4.53. The topological polar surface area (TPSA) is 70.2 Å². The number of carbonyl (C=O) groups excluding carboxylic acids is 2. The third kappa shape index (κ3) is 6.41. The fourth-order valence-corrected chi connectivity index (χ4v) is 1.53. The van der Waals surface area contributed by atoms with Gasteiger partial charge >= 0.3 is 12.2 Å². The molecule has 5 nitrogen and oxygen atoms in total. The minimum atomic E-state index is -4.48. The smallest absolute Gasteiger partial charge is 0.345 e. The monoisotopic (exact) mass is 353 g/mol. The molecule has 0 aromatic heterocycles. The average molecular weight is 354 g/mol. The Hall–Kier alpha value is -1.77. The molecule has 1 aromatic carbocycles. The van der Waals surface area contributed by atoms with Crippen molar-refractivity contribution in [3.63, 3.8) is 0 Å². The van der Waals surface area contributed by atoms with Gasteiger partial charge in [0.15, 0.2) is 0 Å². The van der Waals surface area contributed by atoms with Gasteiger partial charge in [-0.05, 0) is 28.1 Å². The number of nitrogens with one attached hydrogen (secondary N) is 3. The van der Waals surface area contributed by atoms with Gasteiger partial charge in [0.2, 0.25) is 5.91 Å². The SMILES string of the molecule is O=C(CNC(=O)Nc1ccccc1Br)NCC(F)(F)F. The second kappa shape index (κ2) is 7.13. The van der Waals surface area contributed by atoms with Gasteiger partial charge in [-0.15, -0.1) is 0 Å². The number of para-hydroxylation sites is 1. The highest BCUT2D eigenvalue weighted by molar-refractivity contribution is 9.10. The molecule has 20 heavy (non-hydrogen) atoms. The number of alkyl halides is 3. The molecule has 1 aromatic rings. The Kier molecular flexibility index (Phi) is 5.81. The van der Waals surface area contributed by atoms with E-state index in [2.05, 4.69) is 26.6 Å². The van der Waals surface area contributed by atoms with E-state index in [0.29, 0.717) is 10.2 Å². The number of anilines is 1. The number of hydrogen-bond acceptors (Lipinski definition) is 2. The molecule has 0 heterocycles. The highest BCUT2D eigenvalue weighted by Gasteiger charge is 2.27. The maximum atomic E-state index is 11.8. The minimum absolute atomic E-state index is 0.473. The molecule has 0 saturated carbocycles. The molecule has 1 rings (SSSR count). The van der Waals surface area contributed by atoms with Gasteiger partial charge in [-0.25, -0.2) is 4.79 Å². The van der Waals surface area contributed by atoms with Crippen molar-refractivity contribution in [1.82, 2.24) is 10.6 Å². The Morgan fingerprint density at radius 1 is 1.15 bits per heavy atom. The van der Waals surface area contributed by atoms with E-state index >= 15 is 0 Å². The van der Waals surface area contributed by atoms with Crippen molar-refractivity contribution in [2.45, 2.75) is 6.18 Å². The summed E-state index contributed by atoms with van der Waals surface area (Å²) >= 11 is 3.20. The summed E-state index contributed by atoms with van der Waals surface area (Å²) < 4.78 is 36.1. The summed E-state index contributed by atoms with van der Waals surface area (Å²) in [5.41, 5.74) is 0.473. The van der Waals surface area contributed by atoms with Crippen molar-refractivity contribution < 1.29 is 22.8 Å². The van der Waals surface area contributed by atoms with Crippen molar-refractivity contribution in [2.24, 2.45) is 0 Å². The van der Waals surface area contributed by atoms with Gasteiger partial charge in [0.25, 0.3) is 0 Å². The third-order valence-corrected chi connectivity index (χ3v) is 2.71. The lowest BCUT2D eigenvalue weighted by atomic mass is 10.3. The minimum Gasteiger partial charge on any atom is -0.345 e. The van der Waals surface area contributed by atoms with Crippen LogP contribution in [0.15, 0.2) is 28.7 Å². The van der Waals surface area contributed by atoms with Crippen molar-refractivity contribution in [3.8, 4) is 0 Å². The van der Waals surface area contributed by atoms with E-state index in [1.807, 2.05) is 0 Å². The fraction of sp³-hybridized carbons (Fsp3) is 0.273. The third-order valence-electron chi connectivity index (χ3n) is 2.02. The first-order valence-electron chi connectivity index (χ1n) is 5.41. The maximum absolute atomic E-state index is 11.8. The van der Waals surface area contributed by atoms with Gasteiger partial charge < -0.3 is 16.0 Å². The lowest BCUT2D eigenvalue weighted by Gasteiger charge is -2.10. The van der Waals surface area contributed by atoms with Crippen LogP contribution in [0.4, 0.5) is 23.7 Å². The van der Waals surface area contributed by atoms with Crippen LogP contribution in [0, 0.1) is 0 Å². The van der Waals surface area contributed by atoms with E-state index in [1.165, 1.54) is 0 Å². The highest BCUT2D eigenvalue weighted by atomic mass is 79.9. The lowest BCUT2D eigenvalue weighted by molar-refractivity contribution is -0.137. The summed E-state index contributed by atoms with van der Waals surface area (Å²) in [6.45, 7) is -1.98. The van der Waals surface area contributed by atoms with Crippen molar-refractivity contribution in [3.05, 3.63) is 28.7 Å². The van der Waals surface area contributed by atoms with Crippen LogP contribution in [0.25, 0.3) is 0 Å². The molecule has 0 aliphatic rings. The first-order valence-corrected chi connectivity index (χ1v) is 6.20. The van der Waals surface area contributed by atoms with Gasteiger partial charge in [0, 0.05) is 4.47 Å². The van der Waals surface area contributed by atoms with E-state index in [9.17, 15) is 22.8 Å². The zero-order valence-electron chi connectivity index (χ0n) is 10.1. The predicted molar refractivity (Wildman–Crippen MR) is 70.2 cm³/mol. The zero-order valence-corrected chi connectivity index (χ0v) is 11.6. The number of hydrogen-bond donors (Lipinski definition) is 3. The van der Waals surface area contributed by atoms with E-state index in [-0.39, 0.29) is 0 Å². The summed E-state index contributed by atoms with van der Waals surface area (Å²) in [5, 5.41) is 6.22. The summed E-state index contributed by atoms with van der Waals surface area (Å²) in [5.74, 6) is -0.926. The number of rotatable bonds is 4. The largest absolute Gasteiger partial charge is 0.405 e. The molecule has 3 amide bonds. The van der Waals surface area contributed by atoms with Crippen LogP contribution in [0.5, 0.6) is 0 Å². The first kappa shape index (κ1) is 16.3. The Labute approximate surface area is 121 Å². The molecule has 0 unspecified atom stereocenters. The van der Waals surface area contributed by atoms with Crippen LogP contribution in [-0.4, -0.2) is 31.2 Å². The maximum Gasteiger partial charge on any atom is 0.405 e. The second-order valence-electron chi connectivity index (χ2n) is 3.68. The number of benzene rings is 1. The Morgan fingerprint density at radius 3 is 2.40 bits per heavy atom. The summed E-state index contributed by atoms with van der Waals surface area (Å²) in [6.07, 6.45) is -4.48. The van der Waals surface area contributed by atoms with Crippen LogP contribution in [0.2, 0.25) is 0 Å². The Bertz CT molecular complexity index is 494. The first-order chi connectivity index (χ1) is 9.28. The predicted octanol–water partition coefficient (Wildman–Crippen LogP) is 2.25. The van der Waals surface area contributed by atoms with Crippen LogP contribution < -0.4 is 16.0 Å². The van der Waals surface area contributed by atoms with Gasteiger partial charge in [-0.3, -0.25) is 4.79 Å². The normalized spacial score (nSPS) is 10.8. The molecule has 9 heteroatoms. The van der Waals surface area contributed by atoms with Gasteiger partial charge in [0.05, 0.1) is 12.2 Å². The molecule has 0 saturated heterocycles. The molecule has 0 spiro atoms.